The molecule has 0 saturated carbocycles. The zero-order valence-corrected chi connectivity index (χ0v) is 80.4. The van der Waals surface area contributed by atoms with Crippen LogP contribution in [0.3, 0.4) is 0 Å². The number of thiol groups is 1. The quantitative estimate of drug-likeness (QED) is 0.0213. The Morgan fingerprint density at radius 2 is 0.971 bits per heavy atom. The number of phenols is 1. The number of ketones is 2. The summed E-state index contributed by atoms with van der Waals surface area (Å²) in [6, 6.07) is 22.3. The molecular formula is C100H123N21O17S2. The molecule has 13 amide bonds. The number of phenolic OH excluding ortho intramolecular Hbond substituents is 1. The van der Waals surface area contributed by atoms with Crippen LogP contribution >= 0.6 is 24.4 Å². The summed E-state index contributed by atoms with van der Waals surface area (Å²) in [6.07, 6.45) is 3.57. The Bertz CT molecular complexity index is 6040. The molecule has 40 heteroatoms. The first-order chi connectivity index (χ1) is 67.1. The number of Topliss-reactive ketones (excluding diaryl/α,β-unsaturated/α-hetero) is 2. The zero-order chi connectivity index (χ0) is 101. The number of fused-ring (bicyclic) bond motifs is 8. The van der Waals surface area contributed by atoms with Gasteiger partial charge in [0.15, 0.2) is 11.7 Å². The molecule has 9 aromatic rings. The third-order valence-corrected chi connectivity index (χ3v) is 26.5. The number of aromatic amines is 3. The highest BCUT2D eigenvalue weighted by Gasteiger charge is 2.43. The van der Waals surface area contributed by atoms with E-state index in [1.165, 1.54) is 36.1 Å². The number of primary amides is 1. The van der Waals surface area contributed by atoms with Gasteiger partial charge in [-0.3, -0.25) is 87.3 Å². The van der Waals surface area contributed by atoms with Gasteiger partial charge < -0.3 is 105 Å². The van der Waals surface area contributed by atoms with E-state index in [0.29, 0.717) is 56.0 Å². The van der Waals surface area contributed by atoms with Crippen molar-refractivity contribution in [1.82, 2.24) is 88.6 Å². The van der Waals surface area contributed by atoms with Crippen molar-refractivity contribution in [1.29, 1.82) is 5.41 Å². The topological polar surface area (TPSA) is 593 Å². The van der Waals surface area contributed by atoms with E-state index in [1.54, 1.807) is 118 Å². The lowest BCUT2D eigenvalue weighted by molar-refractivity contribution is -0.142. The molecule has 140 heavy (non-hydrogen) atoms. The number of para-hydroxylation sites is 3. The minimum atomic E-state index is -1.80. The Kier molecular flexibility index (Phi) is 36.9. The second-order valence-electron chi connectivity index (χ2n) is 36.7. The Hall–Kier alpha value is -14.3. The maximum absolute atomic E-state index is 15.6. The van der Waals surface area contributed by atoms with Crippen LogP contribution in [0.1, 0.15) is 132 Å². The van der Waals surface area contributed by atoms with Crippen LogP contribution in [0.15, 0.2) is 169 Å². The van der Waals surface area contributed by atoms with Crippen molar-refractivity contribution in [2.75, 3.05) is 31.2 Å². The number of carbonyl (C=O) groups excluding carboxylic acids is 15. The van der Waals surface area contributed by atoms with Gasteiger partial charge in [-0.1, -0.05) is 138 Å². The molecule has 0 radical (unpaired) electrons. The molecule has 5 aromatic carbocycles. The highest BCUT2D eigenvalue weighted by Crippen LogP contribution is 2.30. The number of aliphatic imine (C=N–C) groups is 1. The van der Waals surface area contributed by atoms with Crippen LogP contribution in [-0.4, -0.2) is 244 Å². The second kappa shape index (κ2) is 49.3. The fraction of sp³-hybridized carbons (Fsp3) is 0.420. The van der Waals surface area contributed by atoms with Gasteiger partial charge in [-0.15, -0.1) is 11.8 Å². The number of benzene rings is 5. The molecule has 22 N–H and O–H groups in total. The third-order valence-electron chi connectivity index (χ3n) is 25.0. The number of thioether (sulfide) groups is 1. The monoisotopic (exact) mass is 1950 g/mol. The zero-order valence-electron chi connectivity index (χ0n) is 78.7. The predicted octanol–water partition coefficient (Wildman–Crippen LogP) is 3.14. The number of hydrogen-bond acceptors (Lipinski definition) is 22. The number of nitrogens with two attached hydrogens (primary N) is 2. The fourth-order valence-electron chi connectivity index (χ4n) is 17.5. The van der Waals surface area contributed by atoms with Gasteiger partial charge in [0.1, 0.15) is 89.1 Å². The average Bonchev–Trinajstić information content (AvgIpc) is 1.65. The fourth-order valence-corrected chi connectivity index (χ4v) is 18.8. The van der Waals surface area contributed by atoms with Crippen LogP contribution in [0.4, 0.5) is 0 Å². The molecule has 15 atom stereocenters. The highest BCUT2D eigenvalue weighted by molar-refractivity contribution is 8.14. The standard InChI is InChI=1S/C100H123N21O17S2/c1-53(2)37-74-91(131)115-78(43-61-48-106-69-26-14-11-23-66(61)69)94(134)114-76(41-58-31-33-64(123)34-32-58)93(133)111-73(86(101)126)46-63-21-16-28-72(109-63)98-120-82(52-140-98)97(137)110-71(29-17-35-104-100(102)103)89(129)118-80(50-122)95(135)116-77(42-60-47-105-68-25-13-10-22-65(60)68)90(130)108-56(6)87(127)119-81(51-139)96(136)113-75(38-54(3)4)92(132)117-79(44-62-49-107-70-27-15-12-24-67(62)70)99(138)121-36-18-30-83(121)85(125)39-55(5)84(124)45-59(88(128)112-74)40-57-19-8-7-9-20-57/h7-16,19-28,31-34,47-49,53-56,59,71,73-83,105-107,122-123,139H,17-18,29-30,35-46,50-52H2,1-6H3,(H2,101,126)(H,108,130)(H,110,137)(H,111,133)(H,112,128)(H,113,136)(H,114,134)(H,115,131)(H,116,135)(H,117,132)(H,118,129)(H,119,127)(H4,102,103,104)/t55-,56+,59-,71?,73-,74+,75+,76+,77?,78+,79+,80+,81-,82+,83+/m1/s1. The summed E-state index contributed by atoms with van der Waals surface area (Å²) in [6.45, 7) is 9.20. The summed E-state index contributed by atoms with van der Waals surface area (Å²) < 4.78 is 0. The van der Waals surface area contributed by atoms with E-state index in [0.717, 1.165) is 22.7 Å². The summed E-state index contributed by atoms with van der Waals surface area (Å²) in [5.74, 6) is -15.9. The van der Waals surface area contributed by atoms with Gasteiger partial charge in [-0.2, -0.15) is 12.6 Å². The molecule has 1 saturated heterocycles. The number of aromatic nitrogens is 4. The van der Waals surface area contributed by atoms with Gasteiger partial charge in [0, 0.05) is 138 Å². The van der Waals surface area contributed by atoms with Crippen LogP contribution in [-0.2, 0) is 110 Å². The Labute approximate surface area is 818 Å². The largest absolute Gasteiger partial charge is 0.508 e. The molecule has 0 aliphatic carbocycles. The predicted molar refractivity (Wildman–Crippen MR) is 530 cm³/mol. The molecule has 1 fully saturated rings. The third kappa shape index (κ3) is 28.5. The summed E-state index contributed by atoms with van der Waals surface area (Å²) in [4.78, 5) is 244. The van der Waals surface area contributed by atoms with E-state index in [-0.39, 0.29) is 142 Å². The summed E-state index contributed by atoms with van der Waals surface area (Å²) in [7, 11) is 0. The Morgan fingerprint density at radius 3 is 1.53 bits per heavy atom. The molecule has 7 heterocycles. The van der Waals surface area contributed by atoms with Crippen molar-refractivity contribution in [3.05, 3.63) is 203 Å². The lowest BCUT2D eigenvalue weighted by Gasteiger charge is -2.31. The maximum atomic E-state index is 15.6. The van der Waals surface area contributed by atoms with Gasteiger partial charge in [0.25, 0.3) is 0 Å². The summed E-state index contributed by atoms with van der Waals surface area (Å²) in [5, 5.41) is 64.1. The lowest BCUT2D eigenvalue weighted by atomic mass is 9.86. The molecule has 38 nitrogen and oxygen atoms in total. The molecule has 742 valence electrons. The first-order valence-electron chi connectivity index (χ1n) is 47.0. The number of pyridine rings is 1. The van der Waals surface area contributed by atoms with Crippen molar-refractivity contribution >= 4 is 156 Å². The normalized spacial score (nSPS) is 24.2. The number of aliphatic hydroxyl groups excluding tert-OH is 1. The Morgan fingerprint density at radius 1 is 0.500 bits per heavy atom. The molecule has 12 rings (SSSR count). The first-order valence-corrected chi connectivity index (χ1v) is 48.6. The van der Waals surface area contributed by atoms with Crippen LogP contribution in [0.5, 0.6) is 5.75 Å². The van der Waals surface area contributed by atoms with Crippen molar-refractivity contribution in [2.45, 2.75) is 210 Å². The number of aliphatic hydroxyl groups is 1. The molecule has 3 aliphatic rings. The minimum Gasteiger partial charge on any atom is -0.508 e. The molecule has 2 unspecified atom stereocenters. The number of hydrogen-bond donors (Lipinski definition) is 21. The number of aromatic hydroxyl groups is 1. The molecule has 4 aromatic heterocycles. The van der Waals surface area contributed by atoms with Crippen molar-refractivity contribution < 1.29 is 82.1 Å². The van der Waals surface area contributed by atoms with Gasteiger partial charge in [-0.05, 0) is 134 Å². The summed E-state index contributed by atoms with van der Waals surface area (Å²) in [5.41, 5.74) is 17.0. The molecular weight excluding hydrogens is 1830 g/mol. The number of rotatable bonds is 21. The number of H-pyrrole nitrogens is 3. The first kappa shape index (κ1) is 105. The van der Waals surface area contributed by atoms with Gasteiger partial charge >= 0.3 is 0 Å². The molecule has 4 bridgehead atoms. The average molecular weight is 1960 g/mol. The smallest absolute Gasteiger partial charge is 0.246 e. The second-order valence-corrected chi connectivity index (χ2v) is 38.1. The van der Waals surface area contributed by atoms with Crippen LogP contribution < -0.4 is 75.3 Å². The number of guanidine groups is 1. The molecule has 3 aliphatic heterocycles. The van der Waals surface area contributed by atoms with Gasteiger partial charge in [0.05, 0.1) is 18.3 Å². The van der Waals surface area contributed by atoms with E-state index in [9.17, 15) is 48.6 Å². The number of carbonyl (C=O) groups is 15. The van der Waals surface area contributed by atoms with Gasteiger partial charge in [0.2, 0.25) is 76.8 Å². The van der Waals surface area contributed by atoms with Crippen LogP contribution in [0.25, 0.3) is 32.7 Å². The van der Waals surface area contributed by atoms with E-state index in [2.05, 4.69) is 96.4 Å². The minimum absolute atomic E-state index is 0.00160. The van der Waals surface area contributed by atoms with E-state index < -0.39 is 192 Å². The van der Waals surface area contributed by atoms with Crippen molar-refractivity contribution in [3.8, 4) is 5.75 Å². The molecule has 0 spiro atoms. The number of nitrogens with one attached hydrogen (secondary N) is 16. The number of nitrogens with zero attached hydrogens (tertiary/aromatic N) is 3. The van der Waals surface area contributed by atoms with Crippen molar-refractivity contribution in [2.24, 2.45) is 40.1 Å². The Balaban J connectivity index is 0.865. The van der Waals surface area contributed by atoms with Crippen LogP contribution in [0.2, 0.25) is 0 Å². The van der Waals surface area contributed by atoms with E-state index in [4.69, 9.17) is 21.9 Å². The maximum Gasteiger partial charge on any atom is 0.246 e. The lowest BCUT2D eigenvalue weighted by Crippen LogP contribution is -2.61. The highest BCUT2D eigenvalue weighted by atomic mass is 32.2. The van der Waals surface area contributed by atoms with Crippen LogP contribution in [0, 0.1) is 29.1 Å². The van der Waals surface area contributed by atoms with Crippen molar-refractivity contribution in [3.63, 3.8) is 0 Å². The summed E-state index contributed by atoms with van der Waals surface area (Å²) >= 11 is 5.56. The number of amides is 13. The van der Waals surface area contributed by atoms with Gasteiger partial charge in [-0.25, -0.2) is 0 Å². The SMILES string of the molecule is CC(C)C[C@@H]1NC(=O)[C@H](Cc2ccccc2)CC(=O)[C@H](C)CC(=O)[C@@H]2CCCN2C(=O)[C@H](Cc2c[nH]c3ccccc23)NC(=O)[C@H](CC(C)C)NC(=O)[C@@H](CS)NC(=O)[C@H](C)NC(=O)C(Cc2c[nH]c3ccccc23)NC(=O)[C@H](CO)NC(=O)C(CCCNC(=N)N)NC(=O)[C@@H]2CSC(=N2)c2cccc(n2)C[C@H](C(N)=O)NC(=O)[C@H](Cc2ccc(O)cc2)NC(=O)[C@H](Cc2c[nH]c3ccccc23)NC1=O. The van der Waals surface area contributed by atoms with E-state index >= 15 is 33.6 Å². The van der Waals surface area contributed by atoms with E-state index in [1.807, 2.05) is 56.3 Å².